The van der Waals surface area contributed by atoms with Gasteiger partial charge in [-0.3, -0.25) is 9.69 Å². The molecule has 5 aromatic rings. The molecule has 2 heterocycles. The fourth-order valence-electron chi connectivity index (χ4n) is 4.31. The van der Waals surface area contributed by atoms with Gasteiger partial charge in [-0.05, 0) is 29.8 Å². The zero-order valence-electron chi connectivity index (χ0n) is 17.7. The minimum atomic E-state index is -0.470. The van der Waals surface area contributed by atoms with E-state index in [4.69, 9.17) is 9.72 Å². The first-order chi connectivity index (χ1) is 16.3. The number of fused-ring (bicyclic) bond motifs is 3. The molecule has 4 aromatic carbocycles. The first kappa shape index (κ1) is 19.7. The van der Waals surface area contributed by atoms with Crippen LogP contribution in [0.15, 0.2) is 103 Å². The van der Waals surface area contributed by atoms with Crippen LogP contribution in [0.25, 0.3) is 10.2 Å². The number of ether oxygens (including phenoxy) is 1. The molecule has 6 rings (SSSR count). The van der Waals surface area contributed by atoms with E-state index in [1.807, 2.05) is 108 Å². The van der Waals surface area contributed by atoms with Crippen molar-refractivity contribution in [1.82, 2.24) is 4.98 Å². The lowest BCUT2D eigenvalue weighted by molar-refractivity contribution is -0.119. The van der Waals surface area contributed by atoms with Gasteiger partial charge in [-0.25, -0.2) is 4.98 Å². The number of benzene rings is 4. The average Bonchev–Trinajstić information content (AvgIpc) is 3.30. The molecule has 1 amide bonds. The van der Waals surface area contributed by atoms with Crippen LogP contribution in [-0.4, -0.2) is 10.9 Å². The van der Waals surface area contributed by atoms with Crippen LogP contribution in [-0.2, 0) is 11.3 Å². The zero-order chi connectivity index (χ0) is 22.2. The molecule has 0 aliphatic carbocycles. The van der Waals surface area contributed by atoms with Crippen molar-refractivity contribution in [2.75, 3.05) is 4.90 Å². The maximum Gasteiger partial charge on any atom is 0.241 e. The predicted octanol–water partition coefficient (Wildman–Crippen LogP) is 6.77. The molecular formula is C28H20N2O2S. The van der Waals surface area contributed by atoms with Gasteiger partial charge < -0.3 is 4.74 Å². The second-order valence-electron chi connectivity index (χ2n) is 7.98. The van der Waals surface area contributed by atoms with Crippen LogP contribution in [0.3, 0.4) is 0 Å². The van der Waals surface area contributed by atoms with Crippen molar-refractivity contribution in [3.8, 4) is 11.5 Å². The van der Waals surface area contributed by atoms with Crippen molar-refractivity contribution in [2.45, 2.75) is 12.5 Å². The molecule has 33 heavy (non-hydrogen) atoms. The SMILES string of the molecule is O=C(C1c2ccccc2Oc2ccccc21)N(Cc1ccccc1)c1nc2ccccc2s1. The second kappa shape index (κ2) is 8.19. The Bertz CT molecular complexity index is 1380. The van der Waals surface area contributed by atoms with Crippen LogP contribution in [0.1, 0.15) is 22.6 Å². The summed E-state index contributed by atoms with van der Waals surface area (Å²) in [7, 11) is 0. The standard InChI is InChI=1S/C28H20N2O2S/c31-27(26-20-12-4-7-15-23(20)32-24-16-8-5-13-21(24)26)30(18-19-10-2-1-3-11-19)28-29-22-14-6-9-17-25(22)33-28/h1-17,26H,18H2. The fourth-order valence-corrected chi connectivity index (χ4v) is 5.28. The molecule has 0 bridgehead atoms. The number of nitrogens with zero attached hydrogens (tertiary/aromatic N) is 2. The summed E-state index contributed by atoms with van der Waals surface area (Å²) in [6.45, 7) is 0.446. The highest BCUT2D eigenvalue weighted by molar-refractivity contribution is 7.22. The molecule has 160 valence electrons. The van der Waals surface area contributed by atoms with Gasteiger partial charge in [0, 0.05) is 11.1 Å². The molecule has 0 atom stereocenters. The van der Waals surface area contributed by atoms with Gasteiger partial charge in [0.05, 0.1) is 22.7 Å². The first-order valence-corrected chi connectivity index (χ1v) is 11.7. The van der Waals surface area contributed by atoms with Gasteiger partial charge in [-0.15, -0.1) is 0 Å². The van der Waals surface area contributed by atoms with Crippen LogP contribution >= 0.6 is 11.3 Å². The number of anilines is 1. The Labute approximate surface area is 195 Å². The van der Waals surface area contributed by atoms with E-state index in [-0.39, 0.29) is 5.91 Å². The minimum Gasteiger partial charge on any atom is -0.457 e. The molecule has 0 N–H and O–H groups in total. The summed E-state index contributed by atoms with van der Waals surface area (Å²) in [5.41, 5.74) is 3.70. The lowest BCUT2D eigenvalue weighted by Gasteiger charge is -2.31. The number of hydrogen-bond donors (Lipinski definition) is 0. The maximum absolute atomic E-state index is 14.3. The molecule has 4 nitrogen and oxygen atoms in total. The summed E-state index contributed by atoms with van der Waals surface area (Å²) in [6, 6.07) is 33.6. The number of rotatable bonds is 4. The lowest BCUT2D eigenvalue weighted by atomic mass is 9.87. The highest BCUT2D eigenvalue weighted by atomic mass is 32.1. The summed E-state index contributed by atoms with van der Waals surface area (Å²) < 4.78 is 7.19. The maximum atomic E-state index is 14.3. The highest BCUT2D eigenvalue weighted by Crippen LogP contribution is 2.45. The Morgan fingerprint density at radius 2 is 1.39 bits per heavy atom. The lowest BCUT2D eigenvalue weighted by Crippen LogP contribution is -2.36. The summed E-state index contributed by atoms with van der Waals surface area (Å²) in [5, 5.41) is 0.700. The Balaban J connectivity index is 1.49. The number of carbonyl (C=O) groups excluding carboxylic acids is 1. The average molecular weight is 449 g/mol. The Morgan fingerprint density at radius 3 is 2.09 bits per heavy atom. The van der Waals surface area contributed by atoms with Crippen LogP contribution in [0.4, 0.5) is 5.13 Å². The molecule has 5 heteroatoms. The van der Waals surface area contributed by atoms with Crippen LogP contribution in [0, 0.1) is 0 Å². The normalized spacial score (nSPS) is 12.6. The Kier molecular flexibility index (Phi) is 4.89. The van der Waals surface area contributed by atoms with Crippen LogP contribution in [0.2, 0.25) is 0 Å². The van der Waals surface area contributed by atoms with Crippen molar-refractivity contribution in [2.24, 2.45) is 0 Å². The quantitative estimate of drug-likeness (QED) is 0.305. The van der Waals surface area contributed by atoms with Gasteiger partial charge in [0.25, 0.3) is 0 Å². The van der Waals surface area contributed by atoms with Crippen LogP contribution < -0.4 is 9.64 Å². The van der Waals surface area contributed by atoms with Crippen LogP contribution in [0.5, 0.6) is 11.5 Å². The molecule has 0 radical (unpaired) electrons. The van der Waals surface area contributed by atoms with Crippen molar-refractivity contribution in [3.63, 3.8) is 0 Å². The fraction of sp³-hybridized carbons (Fsp3) is 0.0714. The Hall–Kier alpha value is -3.96. The molecule has 0 unspecified atom stereocenters. The molecule has 0 saturated heterocycles. The largest absolute Gasteiger partial charge is 0.457 e. The van der Waals surface area contributed by atoms with E-state index >= 15 is 0 Å². The van der Waals surface area contributed by atoms with E-state index in [1.165, 1.54) is 0 Å². The van der Waals surface area contributed by atoms with Gasteiger partial charge in [-0.1, -0.05) is 90.2 Å². The molecule has 1 aliphatic rings. The number of amides is 1. The number of aromatic nitrogens is 1. The topological polar surface area (TPSA) is 42.4 Å². The number of carbonyl (C=O) groups is 1. The van der Waals surface area contributed by atoms with Gasteiger partial charge >= 0.3 is 0 Å². The Morgan fingerprint density at radius 1 is 0.788 bits per heavy atom. The monoisotopic (exact) mass is 448 g/mol. The zero-order valence-corrected chi connectivity index (χ0v) is 18.5. The van der Waals surface area contributed by atoms with Gasteiger partial charge in [-0.2, -0.15) is 0 Å². The number of para-hydroxylation sites is 3. The second-order valence-corrected chi connectivity index (χ2v) is 8.99. The molecule has 0 spiro atoms. The summed E-state index contributed by atoms with van der Waals surface area (Å²) in [4.78, 5) is 21.0. The van der Waals surface area contributed by atoms with Gasteiger partial charge in [0.1, 0.15) is 11.5 Å². The van der Waals surface area contributed by atoms with Crippen molar-refractivity contribution in [1.29, 1.82) is 0 Å². The van der Waals surface area contributed by atoms with Crippen molar-refractivity contribution < 1.29 is 9.53 Å². The number of thiazole rings is 1. The van der Waals surface area contributed by atoms with Gasteiger partial charge in [0.15, 0.2) is 5.13 Å². The van der Waals surface area contributed by atoms with E-state index in [0.717, 1.165) is 38.4 Å². The van der Waals surface area contributed by atoms with E-state index < -0.39 is 5.92 Å². The summed E-state index contributed by atoms with van der Waals surface area (Å²) >= 11 is 1.54. The minimum absolute atomic E-state index is 0.0129. The number of hydrogen-bond acceptors (Lipinski definition) is 4. The molecule has 0 fully saturated rings. The van der Waals surface area contributed by atoms with Crippen molar-refractivity contribution >= 4 is 32.6 Å². The first-order valence-electron chi connectivity index (χ1n) is 10.8. The third-order valence-electron chi connectivity index (χ3n) is 5.89. The third-order valence-corrected chi connectivity index (χ3v) is 6.95. The van der Waals surface area contributed by atoms with E-state index in [2.05, 4.69) is 0 Å². The van der Waals surface area contributed by atoms with Gasteiger partial charge in [0.2, 0.25) is 5.91 Å². The van der Waals surface area contributed by atoms with E-state index in [0.29, 0.717) is 11.7 Å². The predicted molar refractivity (Wildman–Crippen MR) is 132 cm³/mol. The highest BCUT2D eigenvalue weighted by Gasteiger charge is 2.36. The van der Waals surface area contributed by atoms with E-state index in [9.17, 15) is 4.79 Å². The molecule has 0 saturated carbocycles. The van der Waals surface area contributed by atoms with E-state index in [1.54, 1.807) is 11.3 Å². The molecule has 1 aromatic heterocycles. The summed E-state index contributed by atoms with van der Waals surface area (Å²) in [5.74, 6) is 0.958. The molecule has 1 aliphatic heterocycles. The third kappa shape index (κ3) is 3.56. The summed E-state index contributed by atoms with van der Waals surface area (Å²) in [6.07, 6.45) is 0. The molecular weight excluding hydrogens is 428 g/mol. The van der Waals surface area contributed by atoms with Crippen molar-refractivity contribution in [3.05, 3.63) is 120 Å². The smallest absolute Gasteiger partial charge is 0.241 e.